The summed E-state index contributed by atoms with van der Waals surface area (Å²) in [6, 6.07) is -1.16. The first-order valence-corrected chi connectivity index (χ1v) is 11.5. The number of carbonyl (C=O) groups excluding carboxylic acids is 3. The summed E-state index contributed by atoms with van der Waals surface area (Å²) in [5, 5.41) is 15.8. The van der Waals surface area contributed by atoms with Crippen LogP contribution in [0.4, 0.5) is 0 Å². The molecule has 8 heteroatoms. The van der Waals surface area contributed by atoms with Gasteiger partial charge < -0.3 is 20.6 Å². The van der Waals surface area contributed by atoms with Crippen LogP contribution in [0.25, 0.3) is 0 Å². The fraction of sp³-hybridized carbons (Fsp3) is 0.857. The highest BCUT2D eigenvalue weighted by atomic mass is 32.2. The van der Waals surface area contributed by atoms with E-state index in [4.69, 9.17) is 0 Å². The van der Waals surface area contributed by atoms with Crippen molar-refractivity contribution in [1.82, 2.24) is 15.5 Å². The van der Waals surface area contributed by atoms with Crippen molar-refractivity contribution in [1.29, 1.82) is 0 Å². The topological polar surface area (TPSA) is 98.7 Å². The number of fused-ring (bicyclic) bond motifs is 1. The maximum absolute atomic E-state index is 13.6. The Morgan fingerprint density at radius 3 is 2.52 bits per heavy atom. The van der Waals surface area contributed by atoms with Crippen LogP contribution in [0.1, 0.15) is 60.8 Å². The first-order valence-electron chi connectivity index (χ1n) is 10.6. The lowest BCUT2D eigenvalue weighted by Gasteiger charge is -2.37. The average Bonchev–Trinajstić information content (AvgIpc) is 3.18. The summed E-state index contributed by atoms with van der Waals surface area (Å²) in [7, 11) is 0. The van der Waals surface area contributed by atoms with Crippen LogP contribution in [0.3, 0.4) is 0 Å². The molecule has 29 heavy (non-hydrogen) atoms. The maximum atomic E-state index is 13.6. The molecule has 3 fully saturated rings. The van der Waals surface area contributed by atoms with Gasteiger partial charge >= 0.3 is 0 Å². The first-order chi connectivity index (χ1) is 13.4. The summed E-state index contributed by atoms with van der Waals surface area (Å²) in [4.78, 5) is 41.7. The molecule has 164 valence electrons. The molecule has 7 nitrogen and oxygen atoms in total. The van der Waals surface area contributed by atoms with Crippen molar-refractivity contribution in [2.75, 3.05) is 13.2 Å². The van der Waals surface area contributed by atoms with Crippen LogP contribution < -0.4 is 10.6 Å². The number of rotatable bonds is 6. The number of thioether (sulfide) groups is 1. The van der Waals surface area contributed by atoms with E-state index in [1.54, 1.807) is 23.6 Å². The molecule has 1 spiro atoms. The fourth-order valence-corrected chi connectivity index (χ4v) is 7.77. The lowest BCUT2D eigenvalue weighted by atomic mass is 9.66. The molecule has 0 aliphatic carbocycles. The van der Waals surface area contributed by atoms with Crippen LogP contribution in [0, 0.1) is 11.8 Å². The van der Waals surface area contributed by atoms with Gasteiger partial charge in [0.2, 0.25) is 17.7 Å². The third kappa shape index (κ3) is 3.46. The third-order valence-electron chi connectivity index (χ3n) is 6.53. The number of likely N-dealkylation sites (tertiary alicyclic amines) is 1. The SMILES string of the molecule is CCCNC(=O)[C@@H]1[C@H]2C(=O)N([C@H](C)CO)C(C(=O)NC(C)(C)C)C23CC[C@@]1(C)S3. The van der Waals surface area contributed by atoms with E-state index in [0.29, 0.717) is 6.54 Å². The number of aliphatic hydroxyl groups is 1. The standard InChI is InChI=1S/C21H35N3O4S/c1-7-10-22-16(26)13-14-18(28)24(12(2)11-25)15(17(27)23-19(3,4)5)21(14)9-8-20(13,6)29-21/h12-15,25H,7-11H2,1-6H3,(H,22,26)(H,23,27)/t12-,13+,14+,15?,20-,21?/m1/s1. The summed E-state index contributed by atoms with van der Waals surface area (Å²) >= 11 is 1.65. The highest BCUT2D eigenvalue weighted by Crippen LogP contribution is 2.71. The van der Waals surface area contributed by atoms with Gasteiger partial charge in [0.25, 0.3) is 0 Å². The number of hydrogen-bond acceptors (Lipinski definition) is 5. The van der Waals surface area contributed by atoms with Crippen molar-refractivity contribution in [3.63, 3.8) is 0 Å². The number of nitrogens with one attached hydrogen (secondary N) is 2. The van der Waals surface area contributed by atoms with Gasteiger partial charge in [-0.25, -0.2) is 0 Å². The Labute approximate surface area is 177 Å². The van der Waals surface area contributed by atoms with Crippen molar-refractivity contribution in [3.8, 4) is 0 Å². The zero-order valence-electron chi connectivity index (χ0n) is 18.4. The van der Waals surface area contributed by atoms with E-state index in [1.807, 2.05) is 27.7 Å². The predicted molar refractivity (Wildman–Crippen MR) is 113 cm³/mol. The van der Waals surface area contributed by atoms with Crippen LogP contribution in [-0.4, -0.2) is 68.0 Å². The largest absolute Gasteiger partial charge is 0.394 e. The molecule has 2 unspecified atom stereocenters. The Kier molecular flexibility index (Phi) is 5.75. The summed E-state index contributed by atoms with van der Waals surface area (Å²) in [5.41, 5.74) is -0.438. The van der Waals surface area contributed by atoms with E-state index in [2.05, 4.69) is 17.6 Å². The number of hydrogen-bond donors (Lipinski definition) is 3. The van der Waals surface area contributed by atoms with Crippen molar-refractivity contribution in [2.45, 2.75) is 87.9 Å². The molecule has 0 aromatic heterocycles. The second-order valence-electron chi connectivity index (χ2n) is 10.0. The predicted octanol–water partition coefficient (Wildman–Crippen LogP) is 1.29. The Morgan fingerprint density at radius 1 is 1.31 bits per heavy atom. The van der Waals surface area contributed by atoms with Gasteiger partial charge in [-0.15, -0.1) is 11.8 Å². The van der Waals surface area contributed by atoms with Gasteiger partial charge in [0.1, 0.15) is 6.04 Å². The molecule has 0 saturated carbocycles. The van der Waals surface area contributed by atoms with Gasteiger partial charge in [0.05, 0.1) is 29.2 Å². The van der Waals surface area contributed by atoms with Crippen molar-refractivity contribution in [3.05, 3.63) is 0 Å². The minimum atomic E-state index is -0.683. The minimum absolute atomic E-state index is 0.0877. The molecule has 3 heterocycles. The van der Waals surface area contributed by atoms with E-state index < -0.39 is 34.2 Å². The smallest absolute Gasteiger partial charge is 0.244 e. The van der Waals surface area contributed by atoms with E-state index in [1.165, 1.54) is 0 Å². The first kappa shape index (κ1) is 22.4. The molecule has 3 aliphatic rings. The van der Waals surface area contributed by atoms with Crippen molar-refractivity contribution in [2.24, 2.45) is 11.8 Å². The summed E-state index contributed by atoms with van der Waals surface area (Å²) < 4.78 is -0.980. The molecule has 0 aromatic rings. The second kappa shape index (κ2) is 7.45. The van der Waals surface area contributed by atoms with Crippen LogP contribution in [0.15, 0.2) is 0 Å². The quantitative estimate of drug-likeness (QED) is 0.596. The third-order valence-corrected chi connectivity index (χ3v) is 8.52. The monoisotopic (exact) mass is 425 g/mol. The summed E-state index contributed by atoms with van der Waals surface area (Å²) in [6.07, 6.45) is 2.35. The molecule has 3 saturated heterocycles. The lowest BCUT2D eigenvalue weighted by Crippen LogP contribution is -2.58. The number of nitrogens with zero attached hydrogens (tertiary/aromatic N) is 1. The minimum Gasteiger partial charge on any atom is -0.394 e. The van der Waals surface area contributed by atoms with Crippen LogP contribution in [0.5, 0.6) is 0 Å². The number of amides is 3. The van der Waals surface area contributed by atoms with Crippen LogP contribution in [0.2, 0.25) is 0 Å². The van der Waals surface area contributed by atoms with E-state index in [9.17, 15) is 19.5 Å². The number of carbonyl (C=O) groups is 3. The Bertz CT molecular complexity index is 709. The summed E-state index contributed by atoms with van der Waals surface area (Å²) in [5.74, 6) is -1.45. The normalized spacial score (nSPS) is 36.9. The van der Waals surface area contributed by atoms with Crippen molar-refractivity contribution >= 4 is 29.5 Å². The molecule has 3 amide bonds. The van der Waals surface area contributed by atoms with E-state index in [0.717, 1.165) is 19.3 Å². The molecular weight excluding hydrogens is 390 g/mol. The second-order valence-corrected chi connectivity index (χ2v) is 11.9. The van der Waals surface area contributed by atoms with Crippen LogP contribution >= 0.6 is 11.8 Å². The molecule has 2 bridgehead atoms. The fourth-order valence-electron chi connectivity index (χ4n) is 5.42. The van der Waals surface area contributed by atoms with Crippen LogP contribution in [-0.2, 0) is 14.4 Å². The van der Waals surface area contributed by atoms with E-state index >= 15 is 0 Å². The molecule has 3 N–H and O–H groups in total. The van der Waals surface area contributed by atoms with E-state index in [-0.39, 0.29) is 29.1 Å². The maximum Gasteiger partial charge on any atom is 0.244 e. The van der Waals surface area contributed by atoms with Gasteiger partial charge in [-0.05, 0) is 53.9 Å². The Balaban J connectivity index is 2.05. The molecule has 0 radical (unpaired) electrons. The number of aliphatic hydroxyl groups excluding tert-OH is 1. The highest BCUT2D eigenvalue weighted by Gasteiger charge is 2.77. The van der Waals surface area contributed by atoms with Gasteiger partial charge in [-0.1, -0.05) is 6.92 Å². The molecule has 0 aromatic carbocycles. The lowest BCUT2D eigenvalue weighted by molar-refractivity contribution is -0.143. The molecule has 3 aliphatic heterocycles. The van der Waals surface area contributed by atoms with Gasteiger partial charge in [0.15, 0.2) is 0 Å². The molecule has 3 rings (SSSR count). The summed E-state index contributed by atoms with van der Waals surface area (Å²) in [6.45, 7) is 11.9. The zero-order valence-corrected chi connectivity index (χ0v) is 19.2. The van der Waals surface area contributed by atoms with Gasteiger partial charge in [-0.2, -0.15) is 0 Å². The average molecular weight is 426 g/mol. The Hall–Kier alpha value is -1.28. The van der Waals surface area contributed by atoms with Crippen molar-refractivity contribution < 1.29 is 19.5 Å². The Morgan fingerprint density at radius 2 is 1.97 bits per heavy atom. The van der Waals surface area contributed by atoms with Gasteiger partial charge in [0, 0.05) is 16.8 Å². The highest BCUT2D eigenvalue weighted by molar-refractivity contribution is 8.02. The molecule has 6 atom stereocenters. The zero-order chi connectivity index (χ0) is 21.8. The molecular formula is C21H35N3O4S. The van der Waals surface area contributed by atoms with Gasteiger partial charge in [-0.3, -0.25) is 14.4 Å².